The second-order valence-corrected chi connectivity index (χ2v) is 7.76. The van der Waals surface area contributed by atoms with Gasteiger partial charge in [0.25, 0.3) is 0 Å². The highest BCUT2D eigenvalue weighted by Gasteiger charge is 2.36. The molecular weight excluding hydrogens is 425 g/mol. The Labute approximate surface area is 177 Å². The SMILES string of the molecule is COc1cc(C(F)(F)F)nc(NC(=S)NCC2(c3ccc(Cl)cc3)CCCC2)n1. The van der Waals surface area contributed by atoms with Crippen molar-refractivity contribution in [2.75, 3.05) is 19.0 Å². The van der Waals surface area contributed by atoms with E-state index in [1.165, 1.54) is 7.11 Å². The Morgan fingerprint density at radius 1 is 1.21 bits per heavy atom. The highest BCUT2D eigenvalue weighted by Crippen LogP contribution is 2.41. The van der Waals surface area contributed by atoms with Crippen molar-refractivity contribution < 1.29 is 17.9 Å². The second-order valence-electron chi connectivity index (χ2n) is 6.92. The van der Waals surface area contributed by atoms with E-state index < -0.39 is 11.9 Å². The number of anilines is 1. The van der Waals surface area contributed by atoms with Crippen LogP contribution in [0.1, 0.15) is 36.9 Å². The van der Waals surface area contributed by atoms with Crippen LogP contribution in [0.3, 0.4) is 0 Å². The van der Waals surface area contributed by atoms with E-state index in [0.717, 1.165) is 37.3 Å². The highest BCUT2D eigenvalue weighted by atomic mass is 35.5. The monoisotopic (exact) mass is 444 g/mol. The maximum Gasteiger partial charge on any atom is 0.433 e. The van der Waals surface area contributed by atoms with Gasteiger partial charge in [0.1, 0.15) is 0 Å². The van der Waals surface area contributed by atoms with Gasteiger partial charge in [-0.05, 0) is 42.8 Å². The van der Waals surface area contributed by atoms with Crippen LogP contribution < -0.4 is 15.4 Å². The first-order chi connectivity index (χ1) is 13.7. The van der Waals surface area contributed by atoms with Crippen LogP contribution in [0.2, 0.25) is 5.02 Å². The minimum atomic E-state index is -4.62. The van der Waals surface area contributed by atoms with Crippen molar-refractivity contribution in [3.05, 3.63) is 46.6 Å². The van der Waals surface area contributed by atoms with Gasteiger partial charge in [-0.15, -0.1) is 0 Å². The third kappa shape index (κ3) is 5.27. The van der Waals surface area contributed by atoms with Gasteiger partial charge in [0.2, 0.25) is 11.8 Å². The molecule has 1 aromatic heterocycles. The molecule has 1 saturated carbocycles. The average Bonchev–Trinajstić information content (AvgIpc) is 3.16. The number of methoxy groups -OCH3 is 1. The molecule has 2 N–H and O–H groups in total. The van der Waals surface area contributed by atoms with Crippen LogP contribution in [0.5, 0.6) is 5.88 Å². The molecule has 1 aromatic carbocycles. The fraction of sp³-hybridized carbons (Fsp3) is 0.421. The van der Waals surface area contributed by atoms with Crippen LogP contribution in [0.4, 0.5) is 19.1 Å². The molecule has 0 bridgehead atoms. The first kappa shape index (κ1) is 21.6. The van der Waals surface area contributed by atoms with Crippen molar-refractivity contribution in [1.82, 2.24) is 15.3 Å². The Bertz CT molecular complexity index is 871. The topological polar surface area (TPSA) is 59.1 Å². The van der Waals surface area contributed by atoms with Crippen molar-refractivity contribution in [1.29, 1.82) is 0 Å². The van der Waals surface area contributed by atoms with E-state index in [1.807, 2.05) is 24.3 Å². The van der Waals surface area contributed by atoms with E-state index in [1.54, 1.807) is 0 Å². The molecule has 3 rings (SSSR count). The smallest absolute Gasteiger partial charge is 0.433 e. The van der Waals surface area contributed by atoms with Crippen molar-refractivity contribution in [2.24, 2.45) is 0 Å². The minimum absolute atomic E-state index is 0.108. The predicted molar refractivity (Wildman–Crippen MR) is 109 cm³/mol. The van der Waals surface area contributed by atoms with E-state index in [9.17, 15) is 13.2 Å². The van der Waals surface area contributed by atoms with Crippen molar-refractivity contribution in [3.63, 3.8) is 0 Å². The summed E-state index contributed by atoms with van der Waals surface area (Å²) < 4.78 is 43.9. The van der Waals surface area contributed by atoms with Crippen molar-refractivity contribution in [3.8, 4) is 5.88 Å². The van der Waals surface area contributed by atoms with Crippen LogP contribution in [0.15, 0.2) is 30.3 Å². The largest absolute Gasteiger partial charge is 0.481 e. The highest BCUT2D eigenvalue weighted by molar-refractivity contribution is 7.80. The molecule has 0 spiro atoms. The molecule has 1 aliphatic carbocycles. The number of benzene rings is 1. The van der Waals surface area contributed by atoms with E-state index in [0.29, 0.717) is 11.6 Å². The number of rotatable bonds is 5. The standard InChI is InChI=1S/C19H20ClF3N4OS/c1-28-15-10-14(19(21,22)23)25-16(26-15)27-17(29)24-11-18(8-2-3-9-18)12-4-6-13(20)7-5-12/h4-7,10H,2-3,8-9,11H2,1H3,(H2,24,25,26,27,29). The van der Waals surface area contributed by atoms with Crippen molar-refractivity contribution in [2.45, 2.75) is 37.3 Å². The van der Waals surface area contributed by atoms with Crippen molar-refractivity contribution >= 4 is 34.9 Å². The van der Waals surface area contributed by atoms with E-state index in [-0.39, 0.29) is 22.4 Å². The first-order valence-corrected chi connectivity index (χ1v) is 9.82. The Kier molecular flexibility index (Phi) is 6.48. The molecule has 1 aliphatic rings. The Balaban J connectivity index is 1.71. The van der Waals surface area contributed by atoms with Gasteiger partial charge in [0.15, 0.2) is 10.8 Å². The van der Waals surface area contributed by atoms with Crippen LogP contribution in [-0.2, 0) is 11.6 Å². The number of alkyl halides is 3. The van der Waals surface area contributed by atoms with Gasteiger partial charge >= 0.3 is 6.18 Å². The molecule has 156 valence electrons. The van der Waals surface area contributed by atoms with Gasteiger partial charge in [-0.3, -0.25) is 0 Å². The van der Waals surface area contributed by atoms with Crippen LogP contribution in [0.25, 0.3) is 0 Å². The van der Waals surface area contributed by atoms with E-state index >= 15 is 0 Å². The summed E-state index contributed by atoms with van der Waals surface area (Å²) >= 11 is 11.3. The van der Waals surface area contributed by atoms with E-state index in [4.69, 9.17) is 28.6 Å². The molecular formula is C19H20ClF3N4OS. The summed E-state index contributed by atoms with van der Waals surface area (Å²) in [5.41, 5.74) is -0.0577. The fourth-order valence-corrected chi connectivity index (χ4v) is 3.84. The summed E-state index contributed by atoms with van der Waals surface area (Å²) in [6.07, 6.45) is -0.461. The number of ether oxygens (including phenoxy) is 1. The molecule has 0 saturated heterocycles. The normalized spacial score (nSPS) is 15.8. The molecule has 1 heterocycles. The number of halogens is 4. The quantitative estimate of drug-likeness (QED) is 0.636. The van der Waals surface area contributed by atoms with Gasteiger partial charge in [-0.25, -0.2) is 4.98 Å². The molecule has 0 unspecified atom stereocenters. The maximum atomic E-state index is 13.0. The van der Waals surface area contributed by atoms with Crippen LogP contribution >= 0.6 is 23.8 Å². The molecule has 10 heteroatoms. The molecule has 2 aromatic rings. The maximum absolute atomic E-state index is 13.0. The average molecular weight is 445 g/mol. The van der Waals surface area contributed by atoms with Gasteiger partial charge in [0, 0.05) is 23.0 Å². The lowest BCUT2D eigenvalue weighted by atomic mass is 9.79. The summed E-state index contributed by atoms with van der Waals surface area (Å²) in [5, 5.41) is 6.55. The van der Waals surface area contributed by atoms with Gasteiger partial charge in [-0.1, -0.05) is 36.6 Å². The summed E-state index contributed by atoms with van der Waals surface area (Å²) in [6, 6.07) is 8.46. The number of nitrogens with one attached hydrogen (secondary N) is 2. The Morgan fingerprint density at radius 2 is 1.86 bits per heavy atom. The number of thiocarbonyl (C=S) groups is 1. The summed E-state index contributed by atoms with van der Waals surface area (Å²) in [5.74, 6) is -0.479. The Hall–Kier alpha value is -2.13. The number of hydrogen-bond donors (Lipinski definition) is 2. The summed E-state index contributed by atoms with van der Waals surface area (Å²) in [4.78, 5) is 7.37. The zero-order chi connectivity index (χ0) is 21.1. The third-order valence-corrected chi connectivity index (χ3v) is 5.53. The van der Waals surface area contributed by atoms with Gasteiger partial charge in [0.05, 0.1) is 7.11 Å². The lowest BCUT2D eigenvalue weighted by Gasteiger charge is -2.30. The number of aromatic nitrogens is 2. The summed E-state index contributed by atoms with van der Waals surface area (Å²) in [6.45, 7) is 0.538. The molecule has 0 radical (unpaired) electrons. The second kappa shape index (κ2) is 8.71. The summed E-state index contributed by atoms with van der Waals surface area (Å²) in [7, 11) is 1.23. The zero-order valence-electron chi connectivity index (χ0n) is 15.6. The van der Waals surface area contributed by atoms with Crippen LogP contribution in [0, 0.1) is 0 Å². The minimum Gasteiger partial charge on any atom is -0.481 e. The number of nitrogens with zero attached hydrogens (tertiary/aromatic N) is 2. The zero-order valence-corrected chi connectivity index (χ0v) is 17.2. The fourth-order valence-electron chi connectivity index (χ4n) is 3.55. The lowest BCUT2D eigenvalue weighted by molar-refractivity contribution is -0.141. The van der Waals surface area contributed by atoms with E-state index in [2.05, 4.69) is 20.6 Å². The molecule has 29 heavy (non-hydrogen) atoms. The third-order valence-electron chi connectivity index (χ3n) is 5.03. The molecule has 0 atom stereocenters. The van der Waals surface area contributed by atoms with Gasteiger partial charge < -0.3 is 15.4 Å². The number of hydrogen-bond acceptors (Lipinski definition) is 4. The Morgan fingerprint density at radius 3 is 2.45 bits per heavy atom. The molecule has 0 amide bonds. The lowest BCUT2D eigenvalue weighted by Crippen LogP contribution is -2.41. The molecule has 0 aliphatic heterocycles. The first-order valence-electron chi connectivity index (χ1n) is 9.03. The molecule has 5 nitrogen and oxygen atoms in total. The predicted octanol–water partition coefficient (Wildman–Crippen LogP) is 4.96. The van der Waals surface area contributed by atoms with Gasteiger partial charge in [-0.2, -0.15) is 18.2 Å². The molecule has 1 fully saturated rings. The van der Waals surface area contributed by atoms with Crippen LogP contribution in [-0.4, -0.2) is 28.7 Å².